The highest BCUT2D eigenvalue weighted by atomic mass is 32.1. The zero-order valence-corrected chi connectivity index (χ0v) is 18.7. The molecule has 0 aromatic carbocycles. The van der Waals surface area contributed by atoms with Crippen LogP contribution in [-0.2, 0) is 11.2 Å². The highest BCUT2D eigenvalue weighted by Gasteiger charge is 2.20. The molecule has 1 unspecified atom stereocenters. The maximum atomic E-state index is 12.0. The molecule has 0 spiro atoms. The summed E-state index contributed by atoms with van der Waals surface area (Å²) in [6.07, 6.45) is 1.53. The summed E-state index contributed by atoms with van der Waals surface area (Å²) in [6.45, 7) is 10.7. The Kier molecular flexibility index (Phi) is 8.56. The largest absolute Gasteiger partial charge is 0.462 e. The van der Waals surface area contributed by atoms with Gasteiger partial charge in [-0.3, -0.25) is 4.99 Å². The van der Waals surface area contributed by atoms with Gasteiger partial charge in [-0.15, -0.1) is 11.3 Å². The first kappa shape index (κ1) is 22.8. The average molecular weight is 423 g/mol. The van der Waals surface area contributed by atoms with Crippen molar-refractivity contribution in [1.82, 2.24) is 25.8 Å². The molecule has 2 aromatic rings. The number of aryl methyl sites for hydroxylation is 2. The summed E-state index contributed by atoms with van der Waals surface area (Å²) < 4.78 is 10.3. The van der Waals surface area contributed by atoms with Crippen LogP contribution in [0.2, 0.25) is 0 Å². The third-order valence-electron chi connectivity index (χ3n) is 4.08. The molecule has 9 nitrogen and oxygen atoms in total. The Morgan fingerprint density at radius 2 is 2.07 bits per heavy atom. The van der Waals surface area contributed by atoms with E-state index in [0.29, 0.717) is 42.0 Å². The fourth-order valence-corrected chi connectivity index (χ4v) is 3.46. The maximum absolute atomic E-state index is 12.0. The van der Waals surface area contributed by atoms with Crippen LogP contribution in [0.1, 0.15) is 78.2 Å². The number of esters is 1. The van der Waals surface area contributed by atoms with Gasteiger partial charge in [0.1, 0.15) is 9.88 Å². The molecule has 0 bridgehead atoms. The number of hydrogen-bond acceptors (Lipinski definition) is 8. The third kappa shape index (κ3) is 6.52. The van der Waals surface area contributed by atoms with Crippen LogP contribution in [0, 0.1) is 6.92 Å². The van der Waals surface area contributed by atoms with Crippen molar-refractivity contribution in [2.24, 2.45) is 4.99 Å². The van der Waals surface area contributed by atoms with Gasteiger partial charge >= 0.3 is 5.97 Å². The van der Waals surface area contributed by atoms with Gasteiger partial charge < -0.3 is 19.9 Å². The molecular weight excluding hydrogens is 392 g/mol. The third-order valence-corrected chi connectivity index (χ3v) is 5.40. The van der Waals surface area contributed by atoms with Gasteiger partial charge in [0.25, 0.3) is 0 Å². The first-order valence-electron chi connectivity index (χ1n) is 9.79. The second kappa shape index (κ2) is 10.9. The molecule has 0 aliphatic heterocycles. The predicted molar refractivity (Wildman–Crippen MR) is 112 cm³/mol. The maximum Gasteiger partial charge on any atom is 0.350 e. The molecule has 2 heterocycles. The van der Waals surface area contributed by atoms with Crippen LogP contribution in [0.25, 0.3) is 0 Å². The Labute approximate surface area is 175 Å². The van der Waals surface area contributed by atoms with E-state index in [4.69, 9.17) is 9.26 Å². The zero-order valence-electron chi connectivity index (χ0n) is 17.9. The fourth-order valence-electron chi connectivity index (χ4n) is 2.50. The number of carbonyl (C=O) groups excluding carboxylic acids is 1. The molecule has 10 heteroatoms. The van der Waals surface area contributed by atoms with Gasteiger partial charge in [-0.25, -0.2) is 9.78 Å². The molecule has 2 rings (SSSR count). The molecule has 0 aliphatic carbocycles. The second-order valence-electron chi connectivity index (χ2n) is 6.86. The average Bonchev–Trinajstić information content (AvgIpc) is 3.31. The molecule has 160 valence electrons. The van der Waals surface area contributed by atoms with Gasteiger partial charge in [0.15, 0.2) is 11.8 Å². The van der Waals surface area contributed by atoms with E-state index >= 15 is 0 Å². The number of thiazole rings is 1. The van der Waals surface area contributed by atoms with Crippen LogP contribution in [-0.4, -0.2) is 47.3 Å². The molecule has 2 N–H and O–H groups in total. The molecule has 0 saturated carbocycles. The number of carbonyl (C=O) groups is 1. The first-order chi connectivity index (χ1) is 13.8. The van der Waals surface area contributed by atoms with E-state index in [1.165, 1.54) is 11.3 Å². The quantitative estimate of drug-likeness (QED) is 0.274. The molecule has 29 heavy (non-hydrogen) atoms. The summed E-state index contributed by atoms with van der Waals surface area (Å²) in [5, 5.41) is 11.3. The SMILES string of the molecule is CCOC(=O)c1sc(C(C)NC(=NC)NCCCc2nc(C(C)C)no2)nc1C. The van der Waals surface area contributed by atoms with Crippen LogP contribution in [0.5, 0.6) is 0 Å². The van der Waals surface area contributed by atoms with Crippen molar-refractivity contribution >= 4 is 23.3 Å². The predicted octanol–water partition coefficient (Wildman–Crippen LogP) is 2.99. The van der Waals surface area contributed by atoms with Crippen LogP contribution in [0.4, 0.5) is 0 Å². The minimum Gasteiger partial charge on any atom is -0.462 e. The van der Waals surface area contributed by atoms with Gasteiger partial charge in [-0.05, 0) is 27.2 Å². The standard InChI is InChI=1S/C19H30N6O3S/c1-7-27-18(26)15-12(4)22-17(29-15)13(5)23-19(20-6)21-10-8-9-14-24-16(11(2)3)25-28-14/h11,13H,7-10H2,1-6H3,(H2,20,21,23). The number of rotatable bonds is 9. The number of ether oxygens (including phenoxy) is 1. The van der Waals surface area contributed by atoms with Crippen molar-refractivity contribution in [2.75, 3.05) is 20.2 Å². The van der Waals surface area contributed by atoms with Crippen LogP contribution in [0.15, 0.2) is 9.52 Å². The van der Waals surface area contributed by atoms with E-state index in [9.17, 15) is 4.79 Å². The number of hydrogen-bond donors (Lipinski definition) is 2. The van der Waals surface area contributed by atoms with Crippen molar-refractivity contribution in [3.8, 4) is 0 Å². The summed E-state index contributed by atoms with van der Waals surface area (Å²) in [4.78, 5) is 25.6. The lowest BCUT2D eigenvalue weighted by Crippen LogP contribution is -2.39. The summed E-state index contributed by atoms with van der Waals surface area (Å²) >= 11 is 1.34. The monoisotopic (exact) mass is 422 g/mol. The number of nitrogens with zero attached hydrogens (tertiary/aromatic N) is 4. The molecule has 2 aromatic heterocycles. The highest BCUT2D eigenvalue weighted by Crippen LogP contribution is 2.24. The summed E-state index contributed by atoms with van der Waals surface area (Å²) in [6, 6.07) is -0.0994. The Hall–Kier alpha value is -2.49. The molecule has 1 atom stereocenters. The smallest absolute Gasteiger partial charge is 0.350 e. The van der Waals surface area contributed by atoms with Gasteiger partial charge in [0, 0.05) is 25.9 Å². The van der Waals surface area contributed by atoms with Crippen molar-refractivity contribution in [3.63, 3.8) is 0 Å². The lowest BCUT2D eigenvalue weighted by Gasteiger charge is -2.16. The van der Waals surface area contributed by atoms with E-state index in [2.05, 4.69) is 30.8 Å². The molecule has 0 amide bonds. The van der Waals surface area contributed by atoms with Crippen molar-refractivity contribution in [3.05, 3.63) is 27.3 Å². The fraction of sp³-hybridized carbons (Fsp3) is 0.632. The van der Waals surface area contributed by atoms with Crippen molar-refractivity contribution in [2.45, 2.75) is 59.4 Å². The van der Waals surface area contributed by atoms with Crippen molar-refractivity contribution in [1.29, 1.82) is 0 Å². The Bertz CT molecular complexity index is 830. The number of aromatic nitrogens is 3. The van der Waals surface area contributed by atoms with Crippen LogP contribution >= 0.6 is 11.3 Å². The summed E-state index contributed by atoms with van der Waals surface area (Å²) in [5.41, 5.74) is 0.681. The second-order valence-corrected chi connectivity index (χ2v) is 7.89. The molecular formula is C19H30N6O3S. The number of guanidine groups is 1. The van der Waals surface area contributed by atoms with Gasteiger partial charge in [-0.2, -0.15) is 4.98 Å². The number of nitrogens with one attached hydrogen (secondary N) is 2. The number of aliphatic imine (C=N–C) groups is 1. The zero-order chi connectivity index (χ0) is 21.4. The molecule has 0 aliphatic rings. The van der Waals surface area contributed by atoms with E-state index in [-0.39, 0.29) is 17.9 Å². The van der Waals surface area contributed by atoms with Gasteiger partial charge in [0.05, 0.1) is 18.3 Å². The van der Waals surface area contributed by atoms with Crippen LogP contribution in [0.3, 0.4) is 0 Å². The van der Waals surface area contributed by atoms with Gasteiger partial charge in [0.2, 0.25) is 5.89 Å². The molecule has 0 saturated heterocycles. The Morgan fingerprint density at radius 1 is 1.31 bits per heavy atom. The van der Waals surface area contributed by atoms with Gasteiger partial charge in [-0.1, -0.05) is 19.0 Å². The Morgan fingerprint density at radius 3 is 2.69 bits per heavy atom. The van der Waals surface area contributed by atoms with E-state index in [0.717, 1.165) is 17.3 Å². The van der Waals surface area contributed by atoms with E-state index in [1.54, 1.807) is 14.0 Å². The first-order valence-corrected chi connectivity index (χ1v) is 10.6. The minimum atomic E-state index is -0.329. The Balaban J connectivity index is 1.83. The van der Waals surface area contributed by atoms with E-state index < -0.39 is 0 Å². The minimum absolute atomic E-state index is 0.0994. The highest BCUT2D eigenvalue weighted by molar-refractivity contribution is 7.13. The van der Waals surface area contributed by atoms with Crippen LogP contribution < -0.4 is 10.6 Å². The van der Waals surface area contributed by atoms with Crippen molar-refractivity contribution < 1.29 is 14.1 Å². The topological polar surface area (TPSA) is 115 Å². The molecule has 0 fully saturated rings. The molecule has 0 radical (unpaired) electrons. The normalized spacial score (nSPS) is 12.9. The lowest BCUT2D eigenvalue weighted by molar-refractivity contribution is 0.0531. The summed E-state index contributed by atoms with van der Waals surface area (Å²) in [7, 11) is 1.71. The lowest BCUT2D eigenvalue weighted by atomic mass is 10.2. The van der Waals surface area contributed by atoms with E-state index in [1.807, 2.05) is 27.7 Å². The summed E-state index contributed by atoms with van der Waals surface area (Å²) in [5.74, 6) is 1.98.